The Morgan fingerprint density at radius 3 is 2.48 bits per heavy atom. The fourth-order valence-corrected chi connectivity index (χ4v) is 3.04. The summed E-state index contributed by atoms with van der Waals surface area (Å²) in [5.41, 5.74) is 1.88. The highest BCUT2D eigenvalue weighted by molar-refractivity contribution is 5.99. The van der Waals surface area contributed by atoms with Gasteiger partial charge in [-0.3, -0.25) is 4.40 Å². The van der Waals surface area contributed by atoms with Crippen molar-refractivity contribution >= 4 is 34.2 Å². The third kappa shape index (κ3) is 3.46. The molecule has 0 fully saturated rings. The van der Waals surface area contributed by atoms with E-state index in [-0.39, 0.29) is 0 Å². The Balaban J connectivity index is 1.82. The molecular formula is C20H15F3N4O2. The van der Waals surface area contributed by atoms with Crippen molar-refractivity contribution in [1.29, 1.82) is 0 Å². The standard InChI is InChI=1S/C20H15F3N4O2/c1-11-10-27-17(24-11)15-8-3-12(18(28)29-2)9-16(15)26-19(27)25-14-6-4-13(5-7-14)20(21,22)23/h3-10H,1-2H3,(H,25,26). The van der Waals surface area contributed by atoms with Crippen molar-refractivity contribution in [2.75, 3.05) is 12.4 Å². The molecule has 9 heteroatoms. The number of nitrogens with one attached hydrogen (secondary N) is 1. The molecule has 2 heterocycles. The maximum atomic E-state index is 12.8. The number of anilines is 2. The summed E-state index contributed by atoms with van der Waals surface area (Å²) in [6.07, 6.45) is -2.64. The molecular weight excluding hydrogens is 385 g/mol. The molecule has 2 aromatic heterocycles. The van der Waals surface area contributed by atoms with E-state index in [0.29, 0.717) is 28.4 Å². The minimum absolute atomic E-state index is 0.334. The first kappa shape index (κ1) is 18.7. The predicted octanol–water partition coefficient (Wildman–Crippen LogP) is 4.74. The number of fused-ring (bicyclic) bond motifs is 3. The van der Waals surface area contributed by atoms with E-state index in [1.165, 1.54) is 19.2 Å². The number of ether oxygens (including phenoxy) is 1. The number of hydrogen-bond acceptors (Lipinski definition) is 5. The molecule has 0 atom stereocenters. The Hall–Kier alpha value is -3.62. The van der Waals surface area contributed by atoms with Gasteiger partial charge < -0.3 is 10.1 Å². The van der Waals surface area contributed by atoms with Gasteiger partial charge in [-0.05, 0) is 49.4 Å². The number of esters is 1. The first-order chi connectivity index (χ1) is 13.8. The largest absolute Gasteiger partial charge is 0.465 e. The Morgan fingerprint density at radius 1 is 1.10 bits per heavy atom. The predicted molar refractivity (Wildman–Crippen MR) is 101 cm³/mol. The van der Waals surface area contributed by atoms with E-state index in [0.717, 1.165) is 23.2 Å². The molecule has 29 heavy (non-hydrogen) atoms. The average Bonchev–Trinajstić information content (AvgIpc) is 3.08. The molecule has 0 spiro atoms. The summed E-state index contributed by atoms with van der Waals surface area (Å²) >= 11 is 0. The number of halogens is 3. The molecule has 0 aliphatic rings. The van der Waals surface area contributed by atoms with Crippen molar-refractivity contribution in [2.24, 2.45) is 0 Å². The second-order valence-electron chi connectivity index (χ2n) is 6.43. The van der Waals surface area contributed by atoms with Gasteiger partial charge in [0.15, 0.2) is 0 Å². The summed E-state index contributed by atoms with van der Waals surface area (Å²) in [6.45, 7) is 1.82. The summed E-state index contributed by atoms with van der Waals surface area (Å²) in [7, 11) is 1.29. The Morgan fingerprint density at radius 2 is 1.83 bits per heavy atom. The first-order valence-electron chi connectivity index (χ1n) is 8.58. The van der Waals surface area contributed by atoms with Crippen LogP contribution in [0.3, 0.4) is 0 Å². The maximum absolute atomic E-state index is 12.8. The van der Waals surface area contributed by atoms with Gasteiger partial charge in [0.25, 0.3) is 0 Å². The van der Waals surface area contributed by atoms with Crippen LogP contribution in [0, 0.1) is 6.92 Å². The van der Waals surface area contributed by atoms with E-state index < -0.39 is 17.7 Å². The number of methoxy groups -OCH3 is 1. The molecule has 0 amide bonds. The lowest BCUT2D eigenvalue weighted by molar-refractivity contribution is -0.137. The summed E-state index contributed by atoms with van der Waals surface area (Å²) in [5.74, 6) is -0.139. The molecule has 2 aromatic carbocycles. The molecule has 0 aliphatic carbocycles. The molecule has 6 nitrogen and oxygen atoms in total. The van der Waals surface area contributed by atoms with E-state index in [2.05, 4.69) is 15.3 Å². The molecule has 0 saturated heterocycles. The summed E-state index contributed by atoms with van der Waals surface area (Å²) in [4.78, 5) is 20.9. The van der Waals surface area contributed by atoms with Crippen LogP contribution in [-0.2, 0) is 10.9 Å². The number of imidazole rings is 1. The van der Waals surface area contributed by atoms with E-state index in [1.54, 1.807) is 28.8 Å². The van der Waals surface area contributed by atoms with Crippen LogP contribution >= 0.6 is 0 Å². The van der Waals surface area contributed by atoms with Crippen LogP contribution in [0.2, 0.25) is 0 Å². The van der Waals surface area contributed by atoms with Gasteiger partial charge in [-0.25, -0.2) is 14.8 Å². The summed E-state index contributed by atoms with van der Waals surface area (Å²) in [5, 5.41) is 3.75. The average molecular weight is 400 g/mol. The third-order valence-corrected chi connectivity index (χ3v) is 4.41. The second kappa shape index (κ2) is 6.77. The fourth-order valence-electron chi connectivity index (χ4n) is 3.04. The smallest absolute Gasteiger partial charge is 0.416 e. The monoisotopic (exact) mass is 400 g/mol. The number of alkyl halides is 3. The third-order valence-electron chi connectivity index (χ3n) is 4.41. The molecule has 1 N–H and O–H groups in total. The summed E-state index contributed by atoms with van der Waals surface area (Å²) < 4.78 is 44.8. The molecule has 0 saturated carbocycles. The zero-order valence-electron chi connectivity index (χ0n) is 15.4. The number of rotatable bonds is 3. The number of benzene rings is 2. The zero-order valence-corrected chi connectivity index (χ0v) is 15.4. The van der Waals surface area contributed by atoms with Gasteiger partial charge in [0.2, 0.25) is 5.95 Å². The molecule has 0 radical (unpaired) electrons. The maximum Gasteiger partial charge on any atom is 0.416 e. The van der Waals surface area contributed by atoms with Crippen molar-refractivity contribution in [3.63, 3.8) is 0 Å². The van der Waals surface area contributed by atoms with Crippen LogP contribution in [-0.4, -0.2) is 27.4 Å². The minimum atomic E-state index is -4.40. The van der Waals surface area contributed by atoms with E-state index >= 15 is 0 Å². The lowest BCUT2D eigenvalue weighted by atomic mass is 10.1. The molecule has 4 aromatic rings. The van der Waals surface area contributed by atoms with Crippen LogP contribution < -0.4 is 5.32 Å². The van der Waals surface area contributed by atoms with Gasteiger partial charge >= 0.3 is 12.1 Å². The topological polar surface area (TPSA) is 68.5 Å². The zero-order chi connectivity index (χ0) is 20.8. The lowest BCUT2D eigenvalue weighted by Gasteiger charge is -2.12. The number of aryl methyl sites for hydroxylation is 1. The quantitative estimate of drug-likeness (QED) is 0.503. The number of nitrogens with zero attached hydrogens (tertiary/aromatic N) is 3. The van der Waals surface area contributed by atoms with E-state index in [1.807, 2.05) is 6.92 Å². The first-order valence-corrected chi connectivity index (χ1v) is 8.58. The van der Waals surface area contributed by atoms with Crippen molar-refractivity contribution in [1.82, 2.24) is 14.4 Å². The van der Waals surface area contributed by atoms with Crippen LogP contribution in [0.25, 0.3) is 16.6 Å². The molecule has 0 aliphatic heterocycles. The van der Waals surface area contributed by atoms with Crippen LogP contribution in [0.1, 0.15) is 21.6 Å². The van der Waals surface area contributed by atoms with Crippen LogP contribution in [0.15, 0.2) is 48.7 Å². The molecule has 0 bridgehead atoms. The van der Waals surface area contributed by atoms with E-state index in [4.69, 9.17) is 4.74 Å². The van der Waals surface area contributed by atoms with Crippen molar-refractivity contribution in [3.05, 3.63) is 65.5 Å². The molecule has 4 rings (SSSR count). The Kier molecular flexibility index (Phi) is 4.37. The fraction of sp³-hybridized carbons (Fsp3) is 0.150. The van der Waals surface area contributed by atoms with Crippen LogP contribution in [0.4, 0.5) is 24.8 Å². The number of aromatic nitrogens is 3. The van der Waals surface area contributed by atoms with Gasteiger partial charge in [0.05, 0.1) is 29.4 Å². The van der Waals surface area contributed by atoms with Gasteiger partial charge in [-0.1, -0.05) is 0 Å². The lowest BCUT2D eigenvalue weighted by Crippen LogP contribution is -2.06. The number of carbonyl (C=O) groups excluding carboxylic acids is 1. The highest BCUT2D eigenvalue weighted by atomic mass is 19.4. The Bertz CT molecular complexity index is 1230. The summed E-state index contributed by atoms with van der Waals surface area (Å²) in [6, 6.07) is 9.60. The van der Waals surface area contributed by atoms with Crippen LogP contribution in [0.5, 0.6) is 0 Å². The SMILES string of the molecule is COC(=O)c1ccc2c(c1)nc(Nc1ccc(C(F)(F)F)cc1)n1cc(C)nc21. The molecule has 148 valence electrons. The molecule has 0 unspecified atom stereocenters. The van der Waals surface area contributed by atoms with Gasteiger partial charge in [0.1, 0.15) is 5.65 Å². The van der Waals surface area contributed by atoms with E-state index in [9.17, 15) is 18.0 Å². The highest BCUT2D eigenvalue weighted by Crippen LogP contribution is 2.31. The van der Waals surface area contributed by atoms with Crippen molar-refractivity contribution in [3.8, 4) is 0 Å². The minimum Gasteiger partial charge on any atom is -0.465 e. The second-order valence-corrected chi connectivity index (χ2v) is 6.43. The number of hydrogen-bond donors (Lipinski definition) is 1. The van der Waals surface area contributed by atoms with Gasteiger partial charge in [-0.2, -0.15) is 13.2 Å². The van der Waals surface area contributed by atoms with Gasteiger partial charge in [-0.15, -0.1) is 0 Å². The Labute approximate surface area is 163 Å². The number of carbonyl (C=O) groups is 1. The van der Waals surface area contributed by atoms with Crippen molar-refractivity contribution in [2.45, 2.75) is 13.1 Å². The van der Waals surface area contributed by atoms with Gasteiger partial charge in [0, 0.05) is 17.3 Å². The van der Waals surface area contributed by atoms with Crippen molar-refractivity contribution < 1.29 is 22.7 Å². The normalized spacial score (nSPS) is 11.8. The highest BCUT2D eigenvalue weighted by Gasteiger charge is 2.30.